The fourth-order valence-electron chi connectivity index (χ4n) is 2.33. The van der Waals surface area contributed by atoms with Crippen LogP contribution in [-0.4, -0.2) is 14.5 Å². The van der Waals surface area contributed by atoms with Crippen LogP contribution in [0, 0.1) is 0 Å². The minimum atomic E-state index is 1.00. The summed E-state index contributed by atoms with van der Waals surface area (Å²) >= 11 is 0. The quantitative estimate of drug-likeness (QED) is 0.704. The predicted octanol–water partition coefficient (Wildman–Crippen LogP) is 3.90. The Labute approximate surface area is 112 Å². The average Bonchev–Trinajstić information content (AvgIpc) is 2.85. The second-order valence-electron chi connectivity index (χ2n) is 4.67. The molecule has 0 atom stereocenters. The van der Waals surface area contributed by atoms with Crippen molar-refractivity contribution in [3.05, 3.63) is 48.8 Å². The van der Waals surface area contributed by atoms with Gasteiger partial charge in [0.1, 0.15) is 5.82 Å². The molecule has 96 valence electrons. The van der Waals surface area contributed by atoms with Gasteiger partial charge < -0.3 is 4.57 Å². The summed E-state index contributed by atoms with van der Waals surface area (Å²) in [5.41, 5.74) is 3.34. The number of rotatable bonds is 4. The van der Waals surface area contributed by atoms with Crippen molar-refractivity contribution in [3.8, 4) is 11.4 Å². The number of unbranched alkanes of at least 4 members (excludes halogenated alkanes) is 1. The van der Waals surface area contributed by atoms with Crippen LogP contribution in [0.5, 0.6) is 0 Å². The molecule has 3 nitrogen and oxygen atoms in total. The third kappa shape index (κ3) is 2.24. The summed E-state index contributed by atoms with van der Waals surface area (Å²) in [6, 6.07) is 12.3. The first-order chi connectivity index (χ1) is 9.40. The number of hydrogen-bond donors (Lipinski definition) is 0. The number of nitrogens with zero attached hydrogens (tertiary/aromatic N) is 3. The highest BCUT2D eigenvalue weighted by atomic mass is 15.1. The minimum Gasteiger partial charge on any atom is -0.324 e. The maximum Gasteiger partial charge on any atom is 0.142 e. The monoisotopic (exact) mass is 251 g/mol. The molecule has 0 N–H and O–H groups in total. The number of benzene rings is 1. The van der Waals surface area contributed by atoms with Gasteiger partial charge in [-0.05, 0) is 30.7 Å². The third-order valence-electron chi connectivity index (χ3n) is 3.31. The Balaban J connectivity index is 2.17. The highest BCUT2D eigenvalue weighted by molar-refractivity contribution is 5.80. The van der Waals surface area contributed by atoms with Crippen molar-refractivity contribution in [3.63, 3.8) is 0 Å². The molecule has 0 bridgehead atoms. The van der Waals surface area contributed by atoms with Crippen LogP contribution in [0.1, 0.15) is 19.8 Å². The van der Waals surface area contributed by atoms with Crippen molar-refractivity contribution in [1.29, 1.82) is 0 Å². The molecule has 0 unspecified atom stereocenters. The Hall–Kier alpha value is -2.16. The van der Waals surface area contributed by atoms with Gasteiger partial charge >= 0.3 is 0 Å². The fourth-order valence-corrected chi connectivity index (χ4v) is 2.33. The normalized spacial score (nSPS) is 11.0. The molecular weight excluding hydrogens is 234 g/mol. The van der Waals surface area contributed by atoms with Gasteiger partial charge in [0.25, 0.3) is 0 Å². The summed E-state index contributed by atoms with van der Waals surface area (Å²) in [6.07, 6.45) is 6.01. The number of fused-ring (bicyclic) bond motifs is 1. The van der Waals surface area contributed by atoms with Gasteiger partial charge in [0.2, 0.25) is 0 Å². The standard InChI is InChI=1S/C16H17N3/c1-2-3-11-19-15-9-5-4-8-14(15)18-16(19)13-7-6-10-17-12-13/h4-10,12H,2-3,11H2,1H3. The molecule has 0 aliphatic carbocycles. The lowest BCUT2D eigenvalue weighted by Crippen LogP contribution is -2.00. The molecule has 2 aromatic heterocycles. The van der Waals surface area contributed by atoms with Crippen molar-refractivity contribution in [2.45, 2.75) is 26.3 Å². The second kappa shape index (κ2) is 5.22. The SMILES string of the molecule is CCCCn1c(-c2cccnc2)nc2ccccc21. The highest BCUT2D eigenvalue weighted by Crippen LogP contribution is 2.24. The third-order valence-corrected chi connectivity index (χ3v) is 3.31. The first-order valence-corrected chi connectivity index (χ1v) is 6.76. The van der Waals surface area contributed by atoms with Gasteiger partial charge in [-0.3, -0.25) is 4.98 Å². The van der Waals surface area contributed by atoms with E-state index in [1.54, 1.807) is 6.20 Å². The van der Waals surface area contributed by atoms with Crippen molar-refractivity contribution in [2.75, 3.05) is 0 Å². The topological polar surface area (TPSA) is 30.7 Å². The van der Waals surface area contributed by atoms with Crippen molar-refractivity contribution >= 4 is 11.0 Å². The van der Waals surface area contributed by atoms with E-state index in [-0.39, 0.29) is 0 Å². The molecular formula is C16H17N3. The molecule has 0 aliphatic rings. The Morgan fingerprint density at radius 2 is 2.00 bits per heavy atom. The first-order valence-electron chi connectivity index (χ1n) is 6.76. The summed E-state index contributed by atoms with van der Waals surface area (Å²) in [5.74, 6) is 1.02. The molecule has 19 heavy (non-hydrogen) atoms. The summed E-state index contributed by atoms with van der Waals surface area (Å²) in [7, 11) is 0. The van der Waals surface area contributed by atoms with Gasteiger partial charge in [0, 0.05) is 24.5 Å². The summed E-state index contributed by atoms with van der Waals surface area (Å²) in [5, 5.41) is 0. The zero-order valence-corrected chi connectivity index (χ0v) is 11.1. The second-order valence-corrected chi connectivity index (χ2v) is 4.67. The summed E-state index contributed by atoms with van der Waals surface area (Å²) < 4.78 is 2.30. The molecule has 3 aromatic rings. The molecule has 0 saturated carbocycles. The van der Waals surface area contributed by atoms with E-state index < -0.39 is 0 Å². The molecule has 3 heteroatoms. The molecule has 0 aliphatic heterocycles. The fraction of sp³-hybridized carbons (Fsp3) is 0.250. The number of imidazole rings is 1. The Morgan fingerprint density at radius 3 is 2.79 bits per heavy atom. The van der Waals surface area contributed by atoms with E-state index in [1.807, 2.05) is 18.3 Å². The molecule has 2 heterocycles. The summed E-state index contributed by atoms with van der Waals surface area (Å²) in [4.78, 5) is 8.96. The number of para-hydroxylation sites is 2. The molecule has 0 amide bonds. The summed E-state index contributed by atoms with van der Waals surface area (Å²) in [6.45, 7) is 3.21. The first kappa shape index (κ1) is 11.9. The van der Waals surface area contributed by atoms with Gasteiger partial charge in [-0.1, -0.05) is 25.5 Å². The average molecular weight is 251 g/mol. The van der Waals surface area contributed by atoms with Gasteiger partial charge in [-0.15, -0.1) is 0 Å². The molecule has 0 saturated heterocycles. The molecule has 0 radical (unpaired) electrons. The van der Waals surface area contributed by atoms with E-state index in [0.29, 0.717) is 0 Å². The molecule has 0 fully saturated rings. The lowest BCUT2D eigenvalue weighted by atomic mass is 10.2. The van der Waals surface area contributed by atoms with Crippen LogP contribution >= 0.6 is 0 Å². The largest absolute Gasteiger partial charge is 0.324 e. The van der Waals surface area contributed by atoms with Gasteiger partial charge in [-0.2, -0.15) is 0 Å². The van der Waals surface area contributed by atoms with Gasteiger partial charge in [0.15, 0.2) is 0 Å². The zero-order valence-electron chi connectivity index (χ0n) is 11.1. The predicted molar refractivity (Wildman–Crippen MR) is 77.9 cm³/mol. The Morgan fingerprint density at radius 1 is 1.11 bits per heavy atom. The molecule has 1 aromatic carbocycles. The van der Waals surface area contributed by atoms with Crippen molar-refractivity contribution < 1.29 is 0 Å². The Bertz CT molecular complexity index is 671. The van der Waals surface area contributed by atoms with Gasteiger partial charge in [0.05, 0.1) is 11.0 Å². The van der Waals surface area contributed by atoms with Crippen molar-refractivity contribution in [1.82, 2.24) is 14.5 Å². The van der Waals surface area contributed by atoms with E-state index in [9.17, 15) is 0 Å². The number of hydrogen-bond acceptors (Lipinski definition) is 2. The molecule has 3 rings (SSSR count). The van der Waals surface area contributed by atoms with Crippen LogP contribution in [0.3, 0.4) is 0 Å². The van der Waals surface area contributed by atoms with E-state index in [0.717, 1.165) is 29.9 Å². The van der Waals surface area contributed by atoms with E-state index in [2.05, 4.69) is 40.7 Å². The van der Waals surface area contributed by atoms with Crippen LogP contribution in [0.4, 0.5) is 0 Å². The maximum atomic E-state index is 4.76. The lowest BCUT2D eigenvalue weighted by Gasteiger charge is -2.08. The minimum absolute atomic E-state index is 1.00. The van der Waals surface area contributed by atoms with Gasteiger partial charge in [-0.25, -0.2) is 4.98 Å². The van der Waals surface area contributed by atoms with E-state index in [1.165, 1.54) is 11.9 Å². The van der Waals surface area contributed by atoms with E-state index in [4.69, 9.17) is 4.98 Å². The van der Waals surface area contributed by atoms with Crippen LogP contribution in [0.15, 0.2) is 48.8 Å². The highest BCUT2D eigenvalue weighted by Gasteiger charge is 2.11. The zero-order chi connectivity index (χ0) is 13.1. The lowest BCUT2D eigenvalue weighted by molar-refractivity contribution is 0.651. The van der Waals surface area contributed by atoms with Crippen LogP contribution < -0.4 is 0 Å². The smallest absolute Gasteiger partial charge is 0.142 e. The van der Waals surface area contributed by atoms with E-state index >= 15 is 0 Å². The number of aryl methyl sites for hydroxylation is 1. The number of pyridine rings is 1. The molecule has 0 spiro atoms. The van der Waals surface area contributed by atoms with Crippen LogP contribution in [-0.2, 0) is 6.54 Å². The Kier molecular flexibility index (Phi) is 3.27. The van der Waals surface area contributed by atoms with Crippen LogP contribution in [0.25, 0.3) is 22.4 Å². The van der Waals surface area contributed by atoms with Crippen LogP contribution in [0.2, 0.25) is 0 Å². The van der Waals surface area contributed by atoms with Crippen molar-refractivity contribution in [2.24, 2.45) is 0 Å². The maximum absolute atomic E-state index is 4.76. The number of aromatic nitrogens is 3.